The van der Waals surface area contributed by atoms with Crippen LogP contribution in [-0.2, 0) is 6.18 Å². The molecule has 0 radical (unpaired) electrons. The van der Waals surface area contributed by atoms with Gasteiger partial charge in [-0.2, -0.15) is 13.2 Å². The normalized spacial score (nSPS) is 11.2. The predicted molar refractivity (Wildman–Crippen MR) is 82.4 cm³/mol. The lowest BCUT2D eigenvalue weighted by Crippen LogP contribution is -2.23. The van der Waals surface area contributed by atoms with Gasteiger partial charge >= 0.3 is 6.18 Å². The number of amides is 1. The first-order chi connectivity index (χ1) is 10.7. The van der Waals surface area contributed by atoms with E-state index >= 15 is 0 Å². The van der Waals surface area contributed by atoms with Crippen molar-refractivity contribution in [1.29, 1.82) is 0 Å². The standard InChI is InChI=1S/C16H16F3N3O/c1-20-15(23)12-7-8-13(21-14(12)22(2)3)10-5-4-6-11(9-10)16(17,18)19/h4-9H,1-3H3,(H,20,23). The molecule has 1 aromatic heterocycles. The van der Waals surface area contributed by atoms with E-state index in [-0.39, 0.29) is 5.91 Å². The van der Waals surface area contributed by atoms with E-state index in [1.165, 1.54) is 19.2 Å². The molecule has 0 aliphatic rings. The number of nitrogens with zero attached hydrogens (tertiary/aromatic N) is 2. The van der Waals surface area contributed by atoms with Crippen LogP contribution in [0.15, 0.2) is 36.4 Å². The Kier molecular flexibility index (Phi) is 4.58. The van der Waals surface area contributed by atoms with Crippen LogP contribution in [-0.4, -0.2) is 32.0 Å². The van der Waals surface area contributed by atoms with Crippen molar-refractivity contribution >= 4 is 11.7 Å². The smallest absolute Gasteiger partial charge is 0.362 e. The van der Waals surface area contributed by atoms with E-state index < -0.39 is 11.7 Å². The van der Waals surface area contributed by atoms with E-state index in [0.29, 0.717) is 22.6 Å². The molecular weight excluding hydrogens is 307 g/mol. The van der Waals surface area contributed by atoms with Crippen LogP contribution in [0.4, 0.5) is 19.0 Å². The fourth-order valence-electron chi connectivity index (χ4n) is 2.12. The summed E-state index contributed by atoms with van der Waals surface area (Å²) in [4.78, 5) is 17.8. The first-order valence-electron chi connectivity index (χ1n) is 6.82. The molecule has 1 aromatic carbocycles. The second-order valence-electron chi connectivity index (χ2n) is 5.12. The molecule has 1 amide bonds. The van der Waals surface area contributed by atoms with E-state index in [0.717, 1.165) is 12.1 Å². The summed E-state index contributed by atoms with van der Waals surface area (Å²) in [6.45, 7) is 0. The van der Waals surface area contributed by atoms with Gasteiger partial charge in [0, 0.05) is 26.7 Å². The molecule has 0 saturated carbocycles. The largest absolute Gasteiger partial charge is 0.416 e. The number of hydrogen-bond donors (Lipinski definition) is 1. The third-order valence-electron chi connectivity index (χ3n) is 3.26. The van der Waals surface area contributed by atoms with Crippen LogP contribution in [0.5, 0.6) is 0 Å². The summed E-state index contributed by atoms with van der Waals surface area (Å²) in [6.07, 6.45) is -4.41. The fourth-order valence-corrected chi connectivity index (χ4v) is 2.12. The van der Waals surface area contributed by atoms with Crippen LogP contribution >= 0.6 is 0 Å². The number of hydrogen-bond acceptors (Lipinski definition) is 3. The maximum atomic E-state index is 12.8. The maximum absolute atomic E-state index is 12.8. The minimum absolute atomic E-state index is 0.309. The Bertz CT molecular complexity index is 727. The molecule has 0 spiro atoms. The van der Waals surface area contributed by atoms with E-state index in [9.17, 15) is 18.0 Å². The van der Waals surface area contributed by atoms with Crippen LogP contribution in [0.1, 0.15) is 15.9 Å². The van der Waals surface area contributed by atoms with Gasteiger partial charge < -0.3 is 10.2 Å². The van der Waals surface area contributed by atoms with Crippen molar-refractivity contribution in [3.63, 3.8) is 0 Å². The Morgan fingerprint density at radius 1 is 1.17 bits per heavy atom. The number of aromatic nitrogens is 1. The molecule has 7 heteroatoms. The number of benzene rings is 1. The zero-order chi connectivity index (χ0) is 17.2. The molecule has 23 heavy (non-hydrogen) atoms. The van der Waals surface area contributed by atoms with Crippen LogP contribution < -0.4 is 10.2 Å². The first-order valence-corrected chi connectivity index (χ1v) is 6.82. The molecule has 2 rings (SSSR count). The molecule has 4 nitrogen and oxygen atoms in total. The van der Waals surface area contributed by atoms with E-state index in [4.69, 9.17) is 0 Å². The zero-order valence-corrected chi connectivity index (χ0v) is 12.9. The minimum Gasteiger partial charge on any atom is -0.362 e. The van der Waals surface area contributed by atoms with Crippen molar-refractivity contribution in [3.8, 4) is 11.3 Å². The molecule has 1 N–H and O–H groups in total. The molecule has 1 heterocycles. The highest BCUT2D eigenvalue weighted by Gasteiger charge is 2.30. The van der Waals surface area contributed by atoms with Crippen LogP contribution in [0, 0.1) is 0 Å². The summed E-state index contributed by atoms with van der Waals surface area (Å²) in [6, 6.07) is 8.03. The number of anilines is 1. The highest BCUT2D eigenvalue weighted by Crippen LogP contribution is 2.32. The predicted octanol–water partition coefficient (Wildman–Crippen LogP) is 3.19. The molecule has 0 bridgehead atoms. The monoisotopic (exact) mass is 323 g/mol. The van der Waals surface area contributed by atoms with Gasteiger partial charge in [-0.15, -0.1) is 0 Å². The number of alkyl halides is 3. The highest BCUT2D eigenvalue weighted by atomic mass is 19.4. The molecule has 0 atom stereocenters. The van der Waals surface area contributed by atoms with E-state index in [2.05, 4.69) is 10.3 Å². The summed E-state index contributed by atoms with van der Waals surface area (Å²) in [5.74, 6) is 0.0797. The lowest BCUT2D eigenvalue weighted by Gasteiger charge is -2.17. The number of carbonyl (C=O) groups excluding carboxylic acids is 1. The average Bonchev–Trinajstić information content (AvgIpc) is 2.52. The first kappa shape index (κ1) is 16.8. The number of halogens is 3. The average molecular weight is 323 g/mol. The number of carbonyl (C=O) groups is 1. The van der Waals surface area contributed by atoms with Gasteiger partial charge in [-0.25, -0.2) is 4.98 Å². The van der Waals surface area contributed by atoms with Crippen molar-refractivity contribution < 1.29 is 18.0 Å². The molecule has 0 aliphatic carbocycles. The zero-order valence-electron chi connectivity index (χ0n) is 12.9. The quantitative estimate of drug-likeness (QED) is 0.943. The van der Waals surface area contributed by atoms with Gasteiger partial charge in [0.25, 0.3) is 5.91 Å². The molecule has 0 fully saturated rings. The summed E-state index contributed by atoms with van der Waals surface area (Å²) >= 11 is 0. The third kappa shape index (κ3) is 3.61. The number of rotatable bonds is 3. The van der Waals surface area contributed by atoms with E-state index in [1.54, 1.807) is 31.1 Å². The molecule has 0 aliphatic heterocycles. The molecular formula is C16H16F3N3O. The van der Waals surface area contributed by atoms with Gasteiger partial charge in [-0.1, -0.05) is 12.1 Å². The summed E-state index contributed by atoms with van der Waals surface area (Å²) < 4.78 is 38.5. The van der Waals surface area contributed by atoms with Crippen LogP contribution in [0.2, 0.25) is 0 Å². The van der Waals surface area contributed by atoms with Crippen molar-refractivity contribution in [1.82, 2.24) is 10.3 Å². The highest BCUT2D eigenvalue weighted by molar-refractivity contribution is 5.99. The SMILES string of the molecule is CNC(=O)c1ccc(-c2cccc(C(F)(F)F)c2)nc1N(C)C. The van der Waals surface area contributed by atoms with Crippen LogP contribution in [0.25, 0.3) is 11.3 Å². The van der Waals surface area contributed by atoms with Gasteiger partial charge in [0.05, 0.1) is 16.8 Å². The fraction of sp³-hybridized carbons (Fsp3) is 0.250. The van der Waals surface area contributed by atoms with Gasteiger partial charge in [-0.05, 0) is 24.3 Å². The van der Waals surface area contributed by atoms with Crippen LogP contribution in [0.3, 0.4) is 0 Å². The van der Waals surface area contributed by atoms with E-state index in [1.807, 2.05) is 0 Å². The number of pyridine rings is 1. The Hall–Kier alpha value is -2.57. The minimum atomic E-state index is -4.41. The topological polar surface area (TPSA) is 45.2 Å². The third-order valence-corrected chi connectivity index (χ3v) is 3.26. The van der Waals surface area contributed by atoms with Crippen molar-refractivity contribution in [2.24, 2.45) is 0 Å². The maximum Gasteiger partial charge on any atom is 0.416 e. The lowest BCUT2D eigenvalue weighted by molar-refractivity contribution is -0.137. The molecule has 2 aromatic rings. The Morgan fingerprint density at radius 3 is 2.43 bits per heavy atom. The van der Waals surface area contributed by atoms with Gasteiger partial charge in [0.15, 0.2) is 0 Å². The van der Waals surface area contributed by atoms with Crippen molar-refractivity contribution in [2.45, 2.75) is 6.18 Å². The second-order valence-corrected chi connectivity index (χ2v) is 5.12. The van der Waals surface area contributed by atoms with Crippen molar-refractivity contribution in [3.05, 3.63) is 47.5 Å². The Labute approximate surface area is 132 Å². The van der Waals surface area contributed by atoms with Gasteiger partial charge in [0.1, 0.15) is 5.82 Å². The summed E-state index contributed by atoms with van der Waals surface area (Å²) in [5, 5.41) is 2.51. The lowest BCUT2D eigenvalue weighted by atomic mass is 10.1. The number of nitrogens with one attached hydrogen (secondary N) is 1. The Balaban J connectivity index is 2.53. The summed E-state index contributed by atoms with van der Waals surface area (Å²) in [5.41, 5.74) is 0.325. The molecule has 0 unspecified atom stereocenters. The van der Waals surface area contributed by atoms with Gasteiger partial charge in [-0.3, -0.25) is 4.79 Å². The molecule has 0 saturated heterocycles. The summed E-state index contributed by atoms with van der Waals surface area (Å²) in [7, 11) is 4.93. The Morgan fingerprint density at radius 2 is 1.87 bits per heavy atom. The van der Waals surface area contributed by atoms with Crippen molar-refractivity contribution in [2.75, 3.05) is 26.0 Å². The molecule has 122 valence electrons. The van der Waals surface area contributed by atoms with Gasteiger partial charge in [0.2, 0.25) is 0 Å². The second kappa shape index (κ2) is 6.28.